The molecule has 0 radical (unpaired) electrons. The fourth-order valence-electron chi connectivity index (χ4n) is 3.50. The number of aryl methyl sites for hydroxylation is 1. The van der Waals surface area contributed by atoms with E-state index in [9.17, 15) is 9.59 Å². The van der Waals surface area contributed by atoms with Crippen LogP contribution >= 0.6 is 11.3 Å². The highest BCUT2D eigenvalue weighted by Crippen LogP contribution is 2.35. The van der Waals surface area contributed by atoms with Gasteiger partial charge in [-0.15, -0.1) is 11.3 Å². The lowest BCUT2D eigenvalue weighted by atomic mass is 10.2. The van der Waals surface area contributed by atoms with Gasteiger partial charge in [0.2, 0.25) is 11.7 Å². The Hall–Kier alpha value is -4.11. The first kappa shape index (κ1) is 20.8. The standard InChI is InChI=1S/C24H19N5O3S/c1-15-19-23(33-20(15)22-27-21(28-32-22)17-10-6-3-7-11-17)26-14-29(24(19)31)13-18(30)25-12-16-8-4-2-5-9-16/h2-11,14H,12-13H2,1H3,(H,25,30). The van der Waals surface area contributed by atoms with E-state index in [4.69, 9.17) is 4.52 Å². The van der Waals surface area contributed by atoms with E-state index in [1.54, 1.807) is 0 Å². The molecule has 164 valence electrons. The van der Waals surface area contributed by atoms with Gasteiger partial charge in [0.05, 0.1) is 16.6 Å². The van der Waals surface area contributed by atoms with E-state index >= 15 is 0 Å². The van der Waals surface area contributed by atoms with Gasteiger partial charge in [0, 0.05) is 12.1 Å². The molecule has 3 heterocycles. The summed E-state index contributed by atoms with van der Waals surface area (Å²) in [6.07, 6.45) is 1.40. The number of hydrogen-bond donors (Lipinski definition) is 1. The average molecular weight is 458 g/mol. The summed E-state index contributed by atoms with van der Waals surface area (Å²) in [7, 11) is 0. The van der Waals surface area contributed by atoms with Crippen LogP contribution in [0.5, 0.6) is 0 Å². The maximum atomic E-state index is 13.1. The molecule has 5 aromatic rings. The van der Waals surface area contributed by atoms with Crippen molar-refractivity contribution in [1.82, 2.24) is 25.0 Å². The second-order valence-electron chi connectivity index (χ2n) is 7.47. The van der Waals surface area contributed by atoms with Crippen molar-refractivity contribution in [3.8, 4) is 22.2 Å². The molecule has 0 saturated heterocycles. The number of nitrogens with zero attached hydrogens (tertiary/aromatic N) is 4. The van der Waals surface area contributed by atoms with Gasteiger partial charge in [-0.1, -0.05) is 65.8 Å². The zero-order valence-electron chi connectivity index (χ0n) is 17.7. The van der Waals surface area contributed by atoms with Gasteiger partial charge in [-0.05, 0) is 18.1 Å². The Balaban J connectivity index is 1.40. The molecular weight excluding hydrogens is 438 g/mol. The van der Waals surface area contributed by atoms with Gasteiger partial charge in [0.1, 0.15) is 11.4 Å². The maximum Gasteiger partial charge on any atom is 0.268 e. The number of fused-ring (bicyclic) bond motifs is 1. The van der Waals surface area contributed by atoms with Crippen LogP contribution in [-0.4, -0.2) is 25.6 Å². The van der Waals surface area contributed by atoms with Gasteiger partial charge < -0.3 is 9.84 Å². The predicted octanol–water partition coefficient (Wildman–Crippen LogP) is 3.80. The number of thiophene rings is 1. The van der Waals surface area contributed by atoms with Crippen molar-refractivity contribution >= 4 is 27.5 Å². The predicted molar refractivity (Wildman–Crippen MR) is 126 cm³/mol. The second-order valence-corrected chi connectivity index (χ2v) is 8.46. The van der Waals surface area contributed by atoms with Crippen LogP contribution in [0.2, 0.25) is 0 Å². The fraction of sp³-hybridized carbons (Fsp3) is 0.125. The highest BCUT2D eigenvalue weighted by atomic mass is 32.1. The van der Waals surface area contributed by atoms with Crippen molar-refractivity contribution in [3.63, 3.8) is 0 Å². The highest BCUT2D eigenvalue weighted by molar-refractivity contribution is 7.22. The van der Waals surface area contributed by atoms with Gasteiger partial charge >= 0.3 is 0 Å². The van der Waals surface area contributed by atoms with Crippen LogP contribution in [-0.2, 0) is 17.9 Å². The van der Waals surface area contributed by atoms with E-state index in [-0.39, 0.29) is 18.0 Å². The molecule has 0 aliphatic heterocycles. The van der Waals surface area contributed by atoms with Crippen molar-refractivity contribution in [1.29, 1.82) is 0 Å². The smallest absolute Gasteiger partial charge is 0.268 e. The zero-order valence-corrected chi connectivity index (χ0v) is 18.5. The van der Waals surface area contributed by atoms with Crippen LogP contribution in [0.3, 0.4) is 0 Å². The number of hydrogen-bond acceptors (Lipinski definition) is 7. The normalized spacial score (nSPS) is 11.1. The first-order valence-electron chi connectivity index (χ1n) is 10.3. The molecule has 1 N–H and O–H groups in total. The Morgan fingerprint density at radius 2 is 1.82 bits per heavy atom. The molecule has 0 spiro atoms. The van der Waals surface area contributed by atoms with Gasteiger partial charge in [0.25, 0.3) is 11.4 Å². The lowest BCUT2D eigenvalue weighted by molar-refractivity contribution is -0.121. The molecule has 0 unspecified atom stereocenters. The third-order valence-electron chi connectivity index (χ3n) is 5.22. The van der Waals surface area contributed by atoms with Crippen molar-refractivity contribution in [2.75, 3.05) is 0 Å². The van der Waals surface area contributed by atoms with Crippen LogP contribution in [0.15, 0.2) is 76.3 Å². The Morgan fingerprint density at radius 3 is 2.58 bits per heavy atom. The summed E-state index contributed by atoms with van der Waals surface area (Å²) in [4.78, 5) is 35.6. The summed E-state index contributed by atoms with van der Waals surface area (Å²) < 4.78 is 6.79. The lowest BCUT2D eigenvalue weighted by Gasteiger charge is -2.07. The first-order chi connectivity index (χ1) is 16.1. The van der Waals surface area contributed by atoms with E-state index in [0.717, 1.165) is 11.1 Å². The monoisotopic (exact) mass is 457 g/mol. The third-order valence-corrected chi connectivity index (χ3v) is 6.40. The van der Waals surface area contributed by atoms with E-state index in [1.165, 1.54) is 22.2 Å². The number of rotatable bonds is 6. The van der Waals surface area contributed by atoms with Crippen LogP contribution in [0.4, 0.5) is 0 Å². The van der Waals surface area contributed by atoms with Gasteiger partial charge in [-0.25, -0.2) is 4.98 Å². The molecular formula is C24H19N5O3S. The summed E-state index contributed by atoms with van der Waals surface area (Å²) in [5.41, 5.74) is 2.25. The number of carbonyl (C=O) groups is 1. The molecule has 0 saturated carbocycles. The second kappa shape index (κ2) is 8.79. The van der Waals surface area contributed by atoms with Crippen LogP contribution in [0.25, 0.3) is 32.4 Å². The lowest BCUT2D eigenvalue weighted by Crippen LogP contribution is -2.32. The molecule has 0 bridgehead atoms. The number of nitrogens with one attached hydrogen (secondary N) is 1. The number of benzene rings is 2. The minimum absolute atomic E-state index is 0.113. The van der Waals surface area contributed by atoms with E-state index < -0.39 is 0 Å². The van der Waals surface area contributed by atoms with Crippen molar-refractivity contribution in [2.24, 2.45) is 0 Å². The Bertz CT molecular complexity index is 1490. The Kier molecular flexibility index (Phi) is 5.54. The molecule has 0 atom stereocenters. The molecule has 1 amide bonds. The van der Waals surface area contributed by atoms with Gasteiger partial charge in [0.15, 0.2) is 0 Å². The first-order valence-corrected chi connectivity index (χ1v) is 11.1. The molecule has 33 heavy (non-hydrogen) atoms. The molecule has 5 rings (SSSR count). The summed E-state index contributed by atoms with van der Waals surface area (Å²) in [5, 5.41) is 7.34. The minimum atomic E-state index is -0.280. The number of carbonyl (C=O) groups excluding carboxylic acids is 1. The maximum absolute atomic E-state index is 13.1. The molecule has 3 aromatic heterocycles. The quantitative estimate of drug-likeness (QED) is 0.416. The minimum Gasteiger partial charge on any atom is -0.350 e. The van der Waals surface area contributed by atoms with Crippen molar-refractivity contribution in [3.05, 3.63) is 88.5 Å². The van der Waals surface area contributed by atoms with Crippen molar-refractivity contribution in [2.45, 2.75) is 20.0 Å². The zero-order chi connectivity index (χ0) is 22.8. The molecule has 8 nitrogen and oxygen atoms in total. The largest absolute Gasteiger partial charge is 0.350 e. The van der Waals surface area contributed by atoms with E-state index in [1.807, 2.05) is 67.6 Å². The summed E-state index contributed by atoms with van der Waals surface area (Å²) in [6, 6.07) is 19.1. The highest BCUT2D eigenvalue weighted by Gasteiger charge is 2.21. The molecule has 0 aliphatic rings. The Labute approximate surface area is 192 Å². The molecule has 2 aromatic carbocycles. The topological polar surface area (TPSA) is 103 Å². The number of amides is 1. The van der Waals surface area contributed by atoms with Crippen molar-refractivity contribution < 1.29 is 9.32 Å². The SMILES string of the molecule is Cc1c(-c2nc(-c3ccccc3)no2)sc2ncn(CC(=O)NCc3ccccc3)c(=O)c12. The van der Waals surface area contributed by atoms with Gasteiger partial charge in [-0.2, -0.15) is 4.98 Å². The van der Waals surface area contributed by atoms with E-state index in [2.05, 4.69) is 20.4 Å². The third kappa shape index (κ3) is 4.18. The Morgan fingerprint density at radius 1 is 1.09 bits per heavy atom. The fourth-order valence-corrected chi connectivity index (χ4v) is 4.56. The average Bonchev–Trinajstić information content (AvgIpc) is 3.46. The summed E-state index contributed by atoms with van der Waals surface area (Å²) in [6.45, 7) is 2.11. The molecule has 9 heteroatoms. The van der Waals surface area contributed by atoms with E-state index in [0.29, 0.717) is 38.9 Å². The van der Waals surface area contributed by atoms with Gasteiger partial charge in [-0.3, -0.25) is 14.2 Å². The van der Waals surface area contributed by atoms with Crippen LogP contribution in [0.1, 0.15) is 11.1 Å². The van der Waals surface area contributed by atoms with Crippen LogP contribution in [0, 0.1) is 6.92 Å². The molecule has 0 aliphatic carbocycles. The molecule has 0 fully saturated rings. The number of aromatic nitrogens is 4. The van der Waals surface area contributed by atoms with Crippen LogP contribution < -0.4 is 10.9 Å². The summed E-state index contributed by atoms with van der Waals surface area (Å²) >= 11 is 1.31. The summed E-state index contributed by atoms with van der Waals surface area (Å²) in [5.74, 6) is 0.545.